The second-order valence-electron chi connectivity index (χ2n) is 7.04. The number of ether oxygens (including phenoxy) is 1. The Morgan fingerprint density at radius 1 is 1.03 bits per heavy atom. The summed E-state index contributed by atoms with van der Waals surface area (Å²) in [6.07, 6.45) is 2.26. The van der Waals surface area contributed by atoms with Crippen molar-refractivity contribution < 1.29 is 29.3 Å². The second kappa shape index (κ2) is 10.3. The maximum atomic E-state index is 12.0. The molecule has 1 unspecified atom stereocenters. The first-order chi connectivity index (χ1) is 14.5. The van der Waals surface area contributed by atoms with Crippen LogP contribution in [0.15, 0.2) is 36.4 Å². The average molecular weight is 466 g/mol. The van der Waals surface area contributed by atoms with Crippen LogP contribution >= 0.6 is 23.2 Å². The Labute approximate surface area is 189 Å². The van der Waals surface area contributed by atoms with Crippen molar-refractivity contribution >= 4 is 52.8 Å². The zero-order valence-electron chi connectivity index (χ0n) is 17.0. The molecule has 0 bridgehead atoms. The van der Waals surface area contributed by atoms with E-state index < -0.39 is 17.9 Å². The maximum absolute atomic E-state index is 12.0. The first kappa shape index (κ1) is 24.2. The zero-order chi connectivity index (χ0) is 23.3. The van der Waals surface area contributed by atoms with Gasteiger partial charge in [0.05, 0.1) is 16.0 Å². The first-order valence-corrected chi connectivity index (χ1v) is 10.0. The van der Waals surface area contributed by atoms with E-state index in [0.717, 1.165) is 6.08 Å². The van der Waals surface area contributed by atoms with Gasteiger partial charge in [0, 0.05) is 23.2 Å². The molecular formula is C22H21Cl2NO6. The molecule has 2 aromatic rings. The number of nitrogens with one attached hydrogen (secondary N) is 1. The van der Waals surface area contributed by atoms with Crippen LogP contribution in [0, 0.1) is 5.92 Å². The number of rotatable bonds is 8. The Kier molecular flexibility index (Phi) is 8.08. The van der Waals surface area contributed by atoms with Crippen LogP contribution in [0.1, 0.15) is 37.8 Å². The largest absolute Gasteiger partial charge is 0.481 e. The highest BCUT2D eigenvalue weighted by atomic mass is 35.5. The third-order valence-electron chi connectivity index (χ3n) is 4.32. The SMILES string of the molecule is CC(C)C(=O)Nc1ccc(Oc2c(Cl)cc(C(C)C(=O)O)cc2Cl)cc1C=CC(=O)O. The van der Waals surface area contributed by atoms with Crippen LogP contribution in [0.4, 0.5) is 5.69 Å². The Morgan fingerprint density at radius 2 is 1.65 bits per heavy atom. The number of aliphatic carboxylic acids is 2. The molecule has 0 saturated carbocycles. The molecule has 0 aliphatic rings. The van der Waals surface area contributed by atoms with Gasteiger partial charge in [-0.15, -0.1) is 0 Å². The molecule has 31 heavy (non-hydrogen) atoms. The highest BCUT2D eigenvalue weighted by Crippen LogP contribution is 2.39. The van der Waals surface area contributed by atoms with Crippen molar-refractivity contribution in [3.8, 4) is 11.5 Å². The molecule has 3 N–H and O–H groups in total. The molecule has 164 valence electrons. The van der Waals surface area contributed by atoms with Crippen molar-refractivity contribution in [2.75, 3.05) is 5.32 Å². The topological polar surface area (TPSA) is 113 Å². The van der Waals surface area contributed by atoms with Gasteiger partial charge in [-0.1, -0.05) is 37.0 Å². The van der Waals surface area contributed by atoms with E-state index in [0.29, 0.717) is 16.8 Å². The van der Waals surface area contributed by atoms with E-state index in [2.05, 4.69) is 5.32 Å². The number of hydrogen-bond acceptors (Lipinski definition) is 4. The van der Waals surface area contributed by atoms with Crippen LogP contribution in [0.25, 0.3) is 6.08 Å². The number of carboxylic acids is 2. The molecule has 9 heteroatoms. The smallest absolute Gasteiger partial charge is 0.328 e. The maximum Gasteiger partial charge on any atom is 0.328 e. The van der Waals surface area contributed by atoms with Crippen LogP contribution in [0.5, 0.6) is 11.5 Å². The van der Waals surface area contributed by atoms with E-state index in [4.69, 9.17) is 38.2 Å². The predicted octanol–water partition coefficient (Wildman–Crippen LogP) is 5.67. The molecular weight excluding hydrogens is 445 g/mol. The van der Waals surface area contributed by atoms with Gasteiger partial charge in [-0.25, -0.2) is 4.79 Å². The Balaban J connectivity index is 2.41. The van der Waals surface area contributed by atoms with Crippen LogP contribution in [0.3, 0.4) is 0 Å². The number of benzene rings is 2. The molecule has 0 aliphatic carbocycles. The Morgan fingerprint density at radius 3 is 2.16 bits per heavy atom. The minimum Gasteiger partial charge on any atom is -0.481 e. The number of hydrogen-bond donors (Lipinski definition) is 3. The van der Waals surface area contributed by atoms with Crippen LogP contribution in [-0.4, -0.2) is 28.1 Å². The first-order valence-electron chi connectivity index (χ1n) is 9.25. The van der Waals surface area contributed by atoms with Crippen molar-refractivity contribution in [1.29, 1.82) is 0 Å². The van der Waals surface area contributed by atoms with Crippen molar-refractivity contribution in [3.63, 3.8) is 0 Å². The molecule has 1 amide bonds. The molecule has 0 aromatic heterocycles. The van der Waals surface area contributed by atoms with Crippen LogP contribution in [0.2, 0.25) is 10.0 Å². The summed E-state index contributed by atoms with van der Waals surface area (Å²) < 4.78 is 5.78. The van der Waals surface area contributed by atoms with Gasteiger partial charge >= 0.3 is 11.9 Å². The summed E-state index contributed by atoms with van der Waals surface area (Å²) >= 11 is 12.5. The minimum absolute atomic E-state index is 0.121. The van der Waals surface area contributed by atoms with E-state index in [1.807, 2.05) is 0 Å². The average Bonchev–Trinajstić information content (AvgIpc) is 2.69. The minimum atomic E-state index is -1.15. The summed E-state index contributed by atoms with van der Waals surface area (Å²) in [7, 11) is 0. The number of halogens is 2. The number of carbonyl (C=O) groups excluding carboxylic acids is 1. The molecule has 7 nitrogen and oxygen atoms in total. The van der Waals surface area contributed by atoms with Crippen LogP contribution < -0.4 is 10.1 Å². The van der Waals surface area contributed by atoms with E-state index in [1.54, 1.807) is 26.0 Å². The van der Waals surface area contributed by atoms with Crippen molar-refractivity contribution in [1.82, 2.24) is 0 Å². The van der Waals surface area contributed by atoms with E-state index in [9.17, 15) is 14.4 Å². The van der Waals surface area contributed by atoms with E-state index >= 15 is 0 Å². The second-order valence-corrected chi connectivity index (χ2v) is 7.85. The lowest BCUT2D eigenvalue weighted by atomic mass is 10.0. The van der Waals surface area contributed by atoms with Crippen LogP contribution in [-0.2, 0) is 14.4 Å². The highest BCUT2D eigenvalue weighted by Gasteiger charge is 2.19. The van der Waals surface area contributed by atoms with Gasteiger partial charge in [0.15, 0.2) is 5.75 Å². The summed E-state index contributed by atoms with van der Waals surface area (Å²) in [5.41, 5.74) is 1.23. The lowest BCUT2D eigenvalue weighted by Crippen LogP contribution is -2.18. The number of carboxylic acid groups (broad SMARTS) is 2. The van der Waals surface area contributed by atoms with E-state index in [-0.39, 0.29) is 33.4 Å². The quantitative estimate of drug-likeness (QED) is 0.433. The Bertz CT molecular complexity index is 1030. The molecule has 1 atom stereocenters. The molecule has 0 fully saturated rings. The molecule has 0 aliphatic heterocycles. The molecule has 0 spiro atoms. The fraction of sp³-hybridized carbons (Fsp3) is 0.227. The monoisotopic (exact) mass is 465 g/mol. The fourth-order valence-electron chi connectivity index (χ4n) is 2.48. The fourth-order valence-corrected chi connectivity index (χ4v) is 3.06. The highest BCUT2D eigenvalue weighted by molar-refractivity contribution is 6.37. The molecule has 2 aromatic carbocycles. The third-order valence-corrected chi connectivity index (χ3v) is 4.88. The lowest BCUT2D eigenvalue weighted by Gasteiger charge is -2.15. The standard InChI is InChI=1S/C22H21Cl2NO6/c1-11(2)21(28)25-18-6-5-15(8-13(18)4-7-19(26)27)31-20-16(23)9-14(10-17(20)24)12(3)22(29)30/h4-12H,1-3H3,(H,25,28)(H,26,27)(H,29,30). The number of amides is 1. The van der Waals surface area contributed by atoms with E-state index in [1.165, 1.54) is 31.2 Å². The summed E-state index contributed by atoms with van der Waals surface area (Å²) in [5.74, 6) is -3.06. The van der Waals surface area contributed by atoms with Crippen molar-refractivity contribution in [2.45, 2.75) is 26.7 Å². The van der Waals surface area contributed by atoms with Gasteiger partial charge in [0.1, 0.15) is 5.75 Å². The molecule has 0 heterocycles. The molecule has 0 saturated heterocycles. The predicted molar refractivity (Wildman–Crippen MR) is 119 cm³/mol. The van der Waals surface area contributed by atoms with Gasteiger partial charge in [-0.3, -0.25) is 9.59 Å². The lowest BCUT2D eigenvalue weighted by molar-refractivity contribution is -0.138. The number of carbonyl (C=O) groups is 3. The molecule has 2 rings (SSSR count). The third kappa shape index (κ3) is 6.47. The normalized spacial score (nSPS) is 12.1. The molecule has 0 radical (unpaired) electrons. The van der Waals surface area contributed by atoms with Gasteiger partial charge in [-0.2, -0.15) is 0 Å². The van der Waals surface area contributed by atoms with Gasteiger partial charge < -0.3 is 20.3 Å². The van der Waals surface area contributed by atoms with Crippen molar-refractivity contribution in [2.24, 2.45) is 5.92 Å². The summed E-state index contributed by atoms with van der Waals surface area (Å²) in [6.45, 7) is 4.98. The van der Waals surface area contributed by atoms with Gasteiger partial charge in [0.25, 0.3) is 0 Å². The summed E-state index contributed by atoms with van der Waals surface area (Å²) in [4.78, 5) is 34.2. The summed E-state index contributed by atoms with van der Waals surface area (Å²) in [6, 6.07) is 7.58. The zero-order valence-corrected chi connectivity index (χ0v) is 18.5. The Hall–Kier alpha value is -3.03. The number of anilines is 1. The van der Waals surface area contributed by atoms with Gasteiger partial charge in [-0.05, 0) is 48.9 Å². The van der Waals surface area contributed by atoms with Gasteiger partial charge in [0.2, 0.25) is 5.91 Å². The van der Waals surface area contributed by atoms with Crippen molar-refractivity contribution in [3.05, 3.63) is 57.6 Å². The summed E-state index contributed by atoms with van der Waals surface area (Å²) in [5, 5.41) is 21.1.